The van der Waals surface area contributed by atoms with E-state index in [4.69, 9.17) is 4.52 Å². The molecule has 1 saturated heterocycles. The summed E-state index contributed by atoms with van der Waals surface area (Å²) < 4.78 is 5.54. The number of aromatic nitrogens is 2. The molecule has 1 amide bonds. The lowest BCUT2D eigenvalue weighted by Crippen LogP contribution is -2.43. The molecule has 1 unspecified atom stereocenters. The zero-order chi connectivity index (χ0) is 19.7. The van der Waals surface area contributed by atoms with Crippen molar-refractivity contribution in [2.45, 2.75) is 51.5 Å². The summed E-state index contributed by atoms with van der Waals surface area (Å²) in [6, 6.07) is 10.2. The Morgan fingerprint density at radius 1 is 1.25 bits per heavy atom. The molecule has 6 heteroatoms. The van der Waals surface area contributed by atoms with E-state index in [0.717, 1.165) is 44.5 Å². The fourth-order valence-corrected chi connectivity index (χ4v) is 4.40. The summed E-state index contributed by atoms with van der Waals surface area (Å²) >= 11 is 0. The van der Waals surface area contributed by atoms with Crippen molar-refractivity contribution in [2.24, 2.45) is 5.92 Å². The number of aryl methyl sites for hydroxylation is 1. The van der Waals surface area contributed by atoms with E-state index in [1.54, 1.807) is 0 Å². The van der Waals surface area contributed by atoms with E-state index in [1.165, 1.54) is 0 Å². The molecule has 28 heavy (non-hydrogen) atoms. The second kappa shape index (κ2) is 7.66. The van der Waals surface area contributed by atoms with Gasteiger partial charge in [0.1, 0.15) is 6.04 Å². The van der Waals surface area contributed by atoms with E-state index in [-0.39, 0.29) is 17.4 Å². The first-order chi connectivity index (χ1) is 13.5. The van der Waals surface area contributed by atoms with E-state index >= 15 is 0 Å². The molecular formula is C22H30N4O2. The maximum Gasteiger partial charge on any atom is 0.245 e. The van der Waals surface area contributed by atoms with Crippen molar-refractivity contribution < 1.29 is 9.32 Å². The number of carbonyl (C=O) groups excluding carboxylic acids is 1. The van der Waals surface area contributed by atoms with Crippen LogP contribution in [0.2, 0.25) is 0 Å². The second-order valence-electron chi connectivity index (χ2n) is 8.64. The Labute approximate surface area is 166 Å². The van der Waals surface area contributed by atoms with Crippen LogP contribution < -0.4 is 0 Å². The maximum atomic E-state index is 13.6. The predicted octanol–water partition coefficient (Wildman–Crippen LogP) is 3.34. The molecule has 2 aliphatic rings. The van der Waals surface area contributed by atoms with Crippen LogP contribution in [-0.4, -0.2) is 52.0 Å². The van der Waals surface area contributed by atoms with Gasteiger partial charge >= 0.3 is 0 Å². The second-order valence-corrected chi connectivity index (χ2v) is 8.64. The highest BCUT2D eigenvalue weighted by Gasteiger charge is 2.53. The van der Waals surface area contributed by atoms with Crippen molar-refractivity contribution in [3.05, 3.63) is 47.6 Å². The fourth-order valence-electron chi connectivity index (χ4n) is 4.40. The standard InChI is InChI=1S/C22H30N4O2/c1-16(2)14-25-12-7-13-26(15-19(25)20-23-17(3)24-28-20)21(27)22(10-11-22)18-8-5-4-6-9-18/h4-6,8-9,16,19H,7,10-15H2,1-3H3. The Kier molecular flexibility index (Phi) is 5.23. The summed E-state index contributed by atoms with van der Waals surface area (Å²) in [6.07, 6.45) is 2.84. The molecule has 2 fully saturated rings. The first kappa shape index (κ1) is 19.1. The summed E-state index contributed by atoms with van der Waals surface area (Å²) in [6.45, 7) is 9.57. The number of rotatable bonds is 5. The monoisotopic (exact) mass is 382 g/mol. The predicted molar refractivity (Wildman–Crippen MR) is 107 cm³/mol. The van der Waals surface area contributed by atoms with Gasteiger partial charge in [0, 0.05) is 26.2 Å². The van der Waals surface area contributed by atoms with Crippen LogP contribution in [0.25, 0.3) is 0 Å². The van der Waals surface area contributed by atoms with Crippen molar-refractivity contribution in [1.29, 1.82) is 0 Å². The van der Waals surface area contributed by atoms with Gasteiger partial charge in [-0.15, -0.1) is 0 Å². The van der Waals surface area contributed by atoms with E-state index in [2.05, 4.69) is 41.0 Å². The molecule has 4 rings (SSSR count). The Hall–Kier alpha value is -2.21. The van der Waals surface area contributed by atoms with Crippen LogP contribution in [0, 0.1) is 12.8 Å². The van der Waals surface area contributed by atoms with Crippen molar-refractivity contribution in [1.82, 2.24) is 19.9 Å². The van der Waals surface area contributed by atoms with E-state index in [1.807, 2.05) is 30.0 Å². The van der Waals surface area contributed by atoms with Gasteiger partial charge < -0.3 is 9.42 Å². The van der Waals surface area contributed by atoms with E-state index in [9.17, 15) is 4.79 Å². The number of hydrogen-bond donors (Lipinski definition) is 0. The van der Waals surface area contributed by atoms with Crippen molar-refractivity contribution in [3.8, 4) is 0 Å². The van der Waals surface area contributed by atoms with Crippen LogP contribution in [0.1, 0.15) is 56.4 Å². The van der Waals surface area contributed by atoms with Crippen molar-refractivity contribution in [2.75, 3.05) is 26.2 Å². The number of nitrogens with zero attached hydrogens (tertiary/aromatic N) is 4. The fraction of sp³-hybridized carbons (Fsp3) is 0.591. The van der Waals surface area contributed by atoms with Gasteiger partial charge in [-0.05, 0) is 37.7 Å². The molecule has 1 saturated carbocycles. The minimum absolute atomic E-state index is 0.0402. The number of carbonyl (C=O) groups is 1. The Morgan fingerprint density at radius 2 is 2.00 bits per heavy atom. The van der Waals surface area contributed by atoms with Gasteiger partial charge in [-0.2, -0.15) is 4.98 Å². The van der Waals surface area contributed by atoms with E-state index in [0.29, 0.717) is 24.2 Å². The minimum atomic E-state index is -0.330. The van der Waals surface area contributed by atoms with Crippen LogP contribution >= 0.6 is 0 Å². The molecule has 1 aliphatic heterocycles. The van der Waals surface area contributed by atoms with Gasteiger partial charge in [0.25, 0.3) is 0 Å². The van der Waals surface area contributed by atoms with Crippen molar-refractivity contribution in [3.63, 3.8) is 0 Å². The van der Waals surface area contributed by atoms with Gasteiger partial charge in [-0.1, -0.05) is 49.3 Å². The highest BCUT2D eigenvalue weighted by atomic mass is 16.5. The van der Waals surface area contributed by atoms with Crippen LogP contribution in [0.3, 0.4) is 0 Å². The Balaban J connectivity index is 1.59. The lowest BCUT2D eigenvalue weighted by Gasteiger charge is -2.31. The highest BCUT2D eigenvalue weighted by molar-refractivity contribution is 5.91. The van der Waals surface area contributed by atoms with E-state index < -0.39 is 0 Å². The highest BCUT2D eigenvalue weighted by Crippen LogP contribution is 2.50. The SMILES string of the molecule is Cc1noc(C2CN(C(=O)C3(c4ccccc4)CC3)CCCN2CC(C)C)n1. The zero-order valence-corrected chi connectivity index (χ0v) is 17.1. The number of hydrogen-bond acceptors (Lipinski definition) is 5. The molecule has 0 spiro atoms. The molecule has 0 bridgehead atoms. The molecule has 1 aliphatic carbocycles. The third kappa shape index (κ3) is 3.70. The third-order valence-electron chi connectivity index (χ3n) is 5.91. The summed E-state index contributed by atoms with van der Waals surface area (Å²) in [4.78, 5) is 22.5. The quantitative estimate of drug-likeness (QED) is 0.794. The van der Waals surface area contributed by atoms with Gasteiger partial charge in [-0.25, -0.2) is 0 Å². The first-order valence-corrected chi connectivity index (χ1v) is 10.4. The topological polar surface area (TPSA) is 62.5 Å². The molecule has 1 atom stereocenters. The molecule has 0 N–H and O–H groups in total. The lowest BCUT2D eigenvalue weighted by atomic mass is 9.94. The molecular weight excluding hydrogens is 352 g/mol. The average Bonchev–Trinajstić information content (AvgIpc) is 3.42. The molecule has 1 aromatic heterocycles. The smallest absolute Gasteiger partial charge is 0.245 e. The van der Waals surface area contributed by atoms with Crippen LogP contribution in [0.5, 0.6) is 0 Å². The van der Waals surface area contributed by atoms with Crippen LogP contribution in [0.15, 0.2) is 34.9 Å². The van der Waals surface area contributed by atoms with Gasteiger partial charge in [-0.3, -0.25) is 9.69 Å². The average molecular weight is 383 g/mol. The number of amides is 1. The van der Waals surface area contributed by atoms with Gasteiger partial charge in [0.05, 0.1) is 5.41 Å². The Bertz CT molecular complexity index is 813. The van der Waals surface area contributed by atoms with Gasteiger partial charge in [0.15, 0.2) is 5.82 Å². The molecule has 2 aromatic rings. The number of benzene rings is 1. The summed E-state index contributed by atoms with van der Waals surface area (Å²) in [5.74, 6) is 2.06. The molecule has 150 valence electrons. The minimum Gasteiger partial charge on any atom is -0.340 e. The largest absolute Gasteiger partial charge is 0.340 e. The zero-order valence-electron chi connectivity index (χ0n) is 17.1. The van der Waals surface area contributed by atoms with Crippen LogP contribution in [-0.2, 0) is 10.2 Å². The molecule has 6 nitrogen and oxygen atoms in total. The summed E-state index contributed by atoms with van der Waals surface area (Å²) in [5, 5.41) is 4.00. The Morgan fingerprint density at radius 3 is 2.61 bits per heavy atom. The van der Waals surface area contributed by atoms with Gasteiger partial charge in [0.2, 0.25) is 11.8 Å². The van der Waals surface area contributed by atoms with Crippen LogP contribution in [0.4, 0.5) is 0 Å². The molecule has 0 radical (unpaired) electrons. The lowest BCUT2D eigenvalue weighted by molar-refractivity contribution is -0.134. The first-order valence-electron chi connectivity index (χ1n) is 10.4. The maximum absolute atomic E-state index is 13.6. The van der Waals surface area contributed by atoms with Crippen molar-refractivity contribution >= 4 is 5.91 Å². The molecule has 2 heterocycles. The normalized spacial score (nSPS) is 22.3. The summed E-state index contributed by atoms with van der Waals surface area (Å²) in [5.41, 5.74) is 0.817. The molecule has 1 aromatic carbocycles. The summed E-state index contributed by atoms with van der Waals surface area (Å²) in [7, 11) is 0. The third-order valence-corrected chi connectivity index (χ3v) is 5.91.